The van der Waals surface area contributed by atoms with E-state index in [1.165, 1.54) is 12.1 Å². The third-order valence-electron chi connectivity index (χ3n) is 2.67. The van der Waals surface area contributed by atoms with Gasteiger partial charge in [0.1, 0.15) is 5.82 Å². The summed E-state index contributed by atoms with van der Waals surface area (Å²) in [6, 6.07) is 4.87. The Hall–Kier alpha value is -1.88. The van der Waals surface area contributed by atoms with E-state index in [0.29, 0.717) is 12.1 Å². The first-order valence-electron chi connectivity index (χ1n) is 5.50. The van der Waals surface area contributed by atoms with Crippen molar-refractivity contribution in [2.45, 2.75) is 6.42 Å². The maximum Gasteiger partial charge on any atom is 0.194 e. The van der Waals surface area contributed by atoms with E-state index in [1.807, 2.05) is 0 Å². The summed E-state index contributed by atoms with van der Waals surface area (Å²) in [5.41, 5.74) is -0.333. The third-order valence-corrected chi connectivity index (χ3v) is 2.91. The maximum atomic E-state index is 13.5. The largest absolute Gasteiger partial charge is 0.294 e. The number of carbonyl (C=O) groups is 1. The first kappa shape index (κ1) is 14.5. The van der Waals surface area contributed by atoms with Gasteiger partial charge in [-0.05, 0) is 29.8 Å². The molecule has 1 nitrogen and oxygen atoms in total. The van der Waals surface area contributed by atoms with Crippen molar-refractivity contribution >= 4 is 17.4 Å². The van der Waals surface area contributed by atoms with Crippen LogP contribution in [0.4, 0.5) is 17.6 Å². The first-order valence-corrected chi connectivity index (χ1v) is 5.88. The Morgan fingerprint density at radius 3 is 2.10 bits per heavy atom. The van der Waals surface area contributed by atoms with E-state index in [4.69, 9.17) is 11.6 Å². The Morgan fingerprint density at radius 2 is 1.55 bits per heavy atom. The molecule has 0 aliphatic rings. The molecular weight excluding hydrogens is 296 g/mol. The Bertz CT molecular complexity index is 662. The Labute approximate surface area is 116 Å². The van der Waals surface area contributed by atoms with Gasteiger partial charge in [0.05, 0.1) is 0 Å². The molecule has 104 valence electrons. The van der Waals surface area contributed by atoms with Crippen molar-refractivity contribution in [3.63, 3.8) is 0 Å². The van der Waals surface area contributed by atoms with Crippen LogP contribution in [0, 0.1) is 23.3 Å². The van der Waals surface area contributed by atoms with Crippen LogP contribution in [-0.4, -0.2) is 5.78 Å². The molecule has 6 heteroatoms. The molecule has 0 spiro atoms. The van der Waals surface area contributed by atoms with Gasteiger partial charge in [0.15, 0.2) is 23.2 Å². The van der Waals surface area contributed by atoms with Crippen LogP contribution in [0.2, 0.25) is 5.02 Å². The van der Waals surface area contributed by atoms with E-state index in [-0.39, 0.29) is 16.1 Å². The standard InChI is InChI=1S/C14H7ClF4O/c15-9-2-1-7(10(16)6-9)5-13(20)8-3-11(17)14(19)12(18)4-8/h1-4,6H,5H2. The van der Waals surface area contributed by atoms with Gasteiger partial charge in [-0.1, -0.05) is 17.7 Å². The highest BCUT2D eigenvalue weighted by Gasteiger charge is 2.16. The maximum absolute atomic E-state index is 13.5. The van der Waals surface area contributed by atoms with E-state index in [1.54, 1.807) is 0 Å². The quantitative estimate of drug-likeness (QED) is 0.469. The fourth-order valence-corrected chi connectivity index (χ4v) is 1.82. The molecule has 0 aliphatic heterocycles. The van der Waals surface area contributed by atoms with Crippen LogP contribution in [0.25, 0.3) is 0 Å². The molecule has 0 N–H and O–H groups in total. The van der Waals surface area contributed by atoms with Crippen LogP contribution in [0.15, 0.2) is 30.3 Å². The molecular formula is C14H7ClF4O. The summed E-state index contributed by atoms with van der Waals surface area (Å²) in [5.74, 6) is -6.02. The summed E-state index contributed by atoms with van der Waals surface area (Å²) in [6.07, 6.45) is -0.409. The number of carbonyl (C=O) groups excluding carboxylic acids is 1. The molecule has 0 atom stereocenters. The second-order valence-electron chi connectivity index (χ2n) is 4.09. The monoisotopic (exact) mass is 302 g/mol. The average Bonchev–Trinajstić information content (AvgIpc) is 2.38. The van der Waals surface area contributed by atoms with Crippen LogP contribution in [0.3, 0.4) is 0 Å². The Morgan fingerprint density at radius 1 is 0.950 bits per heavy atom. The molecule has 0 aliphatic carbocycles. The molecule has 0 amide bonds. The van der Waals surface area contributed by atoms with Gasteiger partial charge < -0.3 is 0 Å². The molecule has 2 aromatic carbocycles. The normalized spacial score (nSPS) is 10.7. The number of hydrogen-bond donors (Lipinski definition) is 0. The average molecular weight is 303 g/mol. The fraction of sp³-hybridized carbons (Fsp3) is 0.0714. The molecule has 20 heavy (non-hydrogen) atoms. The lowest BCUT2D eigenvalue weighted by molar-refractivity contribution is 0.0990. The van der Waals surface area contributed by atoms with Crippen molar-refractivity contribution in [2.75, 3.05) is 0 Å². The zero-order valence-electron chi connectivity index (χ0n) is 9.89. The predicted molar refractivity (Wildman–Crippen MR) is 65.8 cm³/mol. The summed E-state index contributed by atoms with van der Waals surface area (Å²) < 4.78 is 52.3. The summed E-state index contributed by atoms with van der Waals surface area (Å²) in [5, 5.41) is 0.164. The lowest BCUT2D eigenvalue weighted by Crippen LogP contribution is -2.07. The lowest BCUT2D eigenvalue weighted by atomic mass is 10.0. The zero-order valence-corrected chi connectivity index (χ0v) is 10.6. The van der Waals surface area contributed by atoms with Gasteiger partial charge >= 0.3 is 0 Å². The SMILES string of the molecule is O=C(Cc1ccc(Cl)cc1F)c1cc(F)c(F)c(F)c1. The summed E-state index contributed by atoms with van der Waals surface area (Å²) in [6.45, 7) is 0. The fourth-order valence-electron chi connectivity index (χ4n) is 1.66. The first-order chi connectivity index (χ1) is 9.38. The van der Waals surface area contributed by atoms with Gasteiger partial charge in [0.25, 0.3) is 0 Å². The molecule has 2 rings (SSSR count). The number of halogens is 5. The number of Topliss-reactive ketones (excluding diaryl/α,β-unsaturated/α-hetero) is 1. The van der Waals surface area contributed by atoms with Gasteiger partial charge in [0.2, 0.25) is 0 Å². The van der Waals surface area contributed by atoms with Gasteiger partial charge in [-0.15, -0.1) is 0 Å². The van der Waals surface area contributed by atoms with E-state index < -0.39 is 35.5 Å². The predicted octanol–water partition coefficient (Wildman–Crippen LogP) is 4.32. The van der Waals surface area contributed by atoms with E-state index in [0.717, 1.165) is 6.07 Å². The second kappa shape index (κ2) is 5.63. The van der Waals surface area contributed by atoms with Gasteiger partial charge in [0, 0.05) is 17.0 Å². The van der Waals surface area contributed by atoms with Gasteiger partial charge in [-0.2, -0.15) is 0 Å². The van der Waals surface area contributed by atoms with E-state index >= 15 is 0 Å². The molecule has 0 radical (unpaired) electrons. The summed E-state index contributed by atoms with van der Waals surface area (Å²) >= 11 is 5.56. The van der Waals surface area contributed by atoms with Crippen molar-refractivity contribution in [3.05, 3.63) is 69.8 Å². The highest BCUT2D eigenvalue weighted by molar-refractivity contribution is 6.30. The molecule has 0 heterocycles. The highest BCUT2D eigenvalue weighted by Crippen LogP contribution is 2.19. The minimum Gasteiger partial charge on any atom is -0.294 e. The molecule has 0 unspecified atom stereocenters. The van der Waals surface area contributed by atoms with Crippen LogP contribution in [-0.2, 0) is 6.42 Å². The van der Waals surface area contributed by atoms with Gasteiger partial charge in [-0.3, -0.25) is 4.79 Å². The Balaban J connectivity index is 2.28. The van der Waals surface area contributed by atoms with Gasteiger partial charge in [-0.25, -0.2) is 17.6 Å². The number of ketones is 1. The number of rotatable bonds is 3. The van der Waals surface area contributed by atoms with Crippen molar-refractivity contribution in [3.8, 4) is 0 Å². The molecule has 0 saturated heterocycles. The number of hydrogen-bond acceptors (Lipinski definition) is 1. The van der Waals surface area contributed by atoms with Crippen molar-refractivity contribution in [2.24, 2.45) is 0 Å². The lowest BCUT2D eigenvalue weighted by Gasteiger charge is -2.05. The van der Waals surface area contributed by atoms with Crippen molar-refractivity contribution in [1.82, 2.24) is 0 Å². The van der Waals surface area contributed by atoms with Crippen LogP contribution >= 0.6 is 11.6 Å². The number of benzene rings is 2. The van der Waals surface area contributed by atoms with Crippen LogP contribution in [0.5, 0.6) is 0 Å². The second-order valence-corrected chi connectivity index (χ2v) is 4.53. The Kier molecular flexibility index (Phi) is 4.09. The van der Waals surface area contributed by atoms with Crippen molar-refractivity contribution in [1.29, 1.82) is 0 Å². The van der Waals surface area contributed by atoms with Crippen LogP contribution in [0.1, 0.15) is 15.9 Å². The van der Waals surface area contributed by atoms with E-state index in [9.17, 15) is 22.4 Å². The third kappa shape index (κ3) is 2.99. The molecule has 2 aromatic rings. The molecule has 0 fully saturated rings. The minimum atomic E-state index is -1.65. The van der Waals surface area contributed by atoms with Crippen LogP contribution < -0.4 is 0 Å². The summed E-state index contributed by atoms with van der Waals surface area (Å²) in [7, 11) is 0. The topological polar surface area (TPSA) is 17.1 Å². The molecule has 0 saturated carbocycles. The van der Waals surface area contributed by atoms with Crippen molar-refractivity contribution < 1.29 is 22.4 Å². The zero-order chi connectivity index (χ0) is 14.9. The minimum absolute atomic E-state index is 0.0320. The molecule has 0 bridgehead atoms. The highest BCUT2D eigenvalue weighted by atomic mass is 35.5. The smallest absolute Gasteiger partial charge is 0.194 e. The molecule has 0 aromatic heterocycles. The summed E-state index contributed by atoms with van der Waals surface area (Å²) in [4.78, 5) is 11.8. The van der Waals surface area contributed by atoms with E-state index in [2.05, 4.69) is 0 Å².